The summed E-state index contributed by atoms with van der Waals surface area (Å²) in [7, 11) is 0. The van der Waals surface area contributed by atoms with Gasteiger partial charge in [-0.05, 0) is 19.0 Å². The number of likely N-dealkylation sites (N-methyl/N-ethyl adjacent to an activating group) is 1. The van der Waals surface area contributed by atoms with Crippen LogP contribution in [-0.2, 0) is 4.74 Å². The zero-order valence-corrected chi connectivity index (χ0v) is 11.3. The topological polar surface area (TPSA) is 48.6 Å². The molecular formula is C14H21N3O2. The van der Waals surface area contributed by atoms with Crippen molar-refractivity contribution in [3.05, 3.63) is 24.0 Å². The van der Waals surface area contributed by atoms with Gasteiger partial charge in [0.1, 0.15) is 0 Å². The van der Waals surface area contributed by atoms with Gasteiger partial charge in [0.15, 0.2) is 0 Å². The van der Waals surface area contributed by atoms with Crippen molar-refractivity contribution in [2.24, 2.45) is 0 Å². The first-order valence-electron chi connectivity index (χ1n) is 7.07. The predicted octanol–water partition coefficient (Wildman–Crippen LogP) is 0.950. The van der Waals surface area contributed by atoms with Gasteiger partial charge in [-0.25, -0.2) is 0 Å². The van der Waals surface area contributed by atoms with Crippen molar-refractivity contribution in [2.45, 2.75) is 25.5 Å². The maximum Gasteiger partial charge on any atom is 0.255 e. The summed E-state index contributed by atoms with van der Waals surface area (Å²) in [6.45, 7) is 6.57. The molecule has 0 aromatic carbocycles. The summed E-state index contributed by atoms with van der Waals surface area (Å²) in [4.78, 5) is 19.7. The Morgan fingerprint density at radius 3 is 3.16 bits per heavy atom. The number of aromatic nitrogens is 1. The lowest BCUT2D eigenvalue weighted by Crippen LogP contribution is -2.60. The van der Waals surface area contributed by atoms with Crippen molar-refractivity contribution in [1.29, 1.82) is 0 Å². The van der Waals surface area contributed by atoms with Gasteiger partial charge in [-0.1, -0.05) is 6.92 Å². The summed E-state index contributed by atoms with van der Waals surface area (Å²) < 4.78 is 5.85. The number of hydrogen-bond donors (Lipinski definition) is 1. The Balaban J connectivity index is 1.71. The van der Waals surface area contributed by atoms with Crippen molar-refractivity contribution in [2.75, 3.05) is 32.8 Å². The highest BCUT2D eigenvalue weighted by Gasteiger charge is 2.37. The van der Waals surface area contributed by atoms with E-state index < -0.39 is 0 Å². The number of carbonyl (C=O) groups excluding carboxylic acids is 1. The van der Waals surface area contributed by atoms with Crippen LogP contribution in [0, 0.1) is 0 Å². The Morgan fingerprint density at radius 1 is 1.53 bits per heavy atom. The molecule has 104 valence electrons. The third-order valence-corrected chi connectivity index (χ3v) is 4.24. The highest BCUT2D eigenvalue weighted by molar-refractivity contribution is 5.94. The molecular weight excluding hydrogens is 242 g/mol. The summed E-state index contributed by atoms with van der Waals surface area (Å²) in [6, 6.07) is 2.19. The zero-order chi connectivity index (χ0) is 13.2. The van der Waals surface area contributed by atoms with Crippen molar-refractivity contribution in [3.8, 4) is 0 Å². The summed E-state index contributed by atoms with van der Waals surface area (Å²) in [5.41, 5.74) is 0.748. The molecule has 0 bridgehead atoms. The fourth-order valence-corrected chi connectivity index (χ4v) is 3.16. The quantitative estimate of drug-likeness (QED) is 0.864. The second-order valence-corrected chi connectivity index (χ2v) is 5.24. The standard InChI is InChI=1S/C14H21N3O2/c1-2-16-7-8-19-13-4-6-17(10-12(13)16)14(18)11-3-5-15-9-11/h3,5,9,12-13,15H,2,4,6-8,10H2,1H3/t12-,13-/m0/s1. The lowest BCUT2D eigenvalue weighted by Gasteiger charge is -2.46. The van der Waals surface area contributed by atoms with E-state index in [1.54, 1.807) is 12.4 Å². The average Bonchev–Trinajstić information content (AvgIpc) is 2.99. The number of nitrogens with zero attached hydrogens (tertiary/aromatic N) is 2. The first kappa shape index (κ1) is 12.7. The molecule has 2 atom stereocenters. The maximum atomic E-state index is 12.4. The number of amides is 1. The fraction of sp³-hybridized carbons (Fsp3) is 0.643. The van der Waals surface area contributed by atoms with Gasteiger partial charge in [-0.2, -0.15) is 0 Å². The lowest BCUT2D eigenvalue weighted by atomic mass is 9.98. The normalized spacial score (nSPS) is 28.2. The first-order valence-corrected chi connectivity index (χ1v) is 7.07. The summed E-state index contributed by atoms with van der Waals surface area (Å²) in [5, 5.41) is 0. The number of rotatable bonds is 2. The molecule has 5 heteroatoms. The Kier molecular flexibility index (Phi) is 3.57. The Labute approximate surface area is 113 Å². The molecule has 1 amide bonds. The van der Waals surface area contributed by atoms with Crippen molar-refractivity contribution >= 4 is 5.91 Å². The van der Waals surface area contributed by atoms with Gasteiger partial charge in [0.2, 0.25) is 0 Å². The molecule has 3 heterocycles. The number of fused-ring (bicyclic) bond motifs is 1. The number of ether oxygens (including phenoxy) is 1. The minimum Gasteiger partial charge on any atom is -0.375 e. The molecule has 1 N–H and O–H groups in total. The van der Waals surface area contributed by atoms with Gasteiger partial charge in [0, 0.05) is 32.0 Å². The first-order chi connectivity index (χ1) is 9.29. The molecule has 2 saturated heterocycles. The molecule has 1 aromatic heterocycles. The van der Waals surface area contributed by atoms with E-state index in [4.69, 9.17) is 4.74 Å². The van der Waals surface area contributed by atoms with Crippen LogP contribution in [0.5, 0.6) is 0 Å². The maximum absolute atomic E-state index is 12.4. The van der Waals surface area contributed by atoms with E-state index in [0.717, 1.165) is 44.8 Å². The number of nitrogens with one attached hydrogen (secondary N) is 1. The van der Waals surface area contributed by atoms with E-state index in [0.29, 0.717) is 12.1 Å². The van der Waals surface area contributed by atoms with Gasteiger partial charge in [0.25, 0.3) is 5.91 Å². The van der Waals surface area contributed by atoms with Gasteiger partial charge in [-0.3, -0.25) is 9.69 Å². The number of aromatic amines is 1. The number of H-pyrrole nitrogens is 1. The van der Waals surface area contributed by atoms with Crippen LogP contribution in [0.15, 0.2) is 18.5 Å². The van der Waals surface area contributed by atoms with Crippen molar-refractivity contribution < 1.29 is 9.53 Å². The molecule has 1 aromatic rings. The third-order valence-electron chi connectivity index (χ3n) is 4.24. The van der Waals surface area contributed by atoms with Crippen LogP contribution in [0.1, 0.15) is 23.7 Å². The second-order valence-electron chi connectivity index (χ2n) is 5.24. The van der Waals surface area contributed by atoms with Crippen LogP contribution < -0.4 is 0 Å². The summed E-state index contributed by atoms with van der Waals surface area (Å²) in [5.74, 6) is 0.126. The molecule has 19 heavy (non-hydrogen) atoms. The third kappa shape index (κ3) is 2.40. The van der Waals surface area contributed by atoms with Gasteiger partial charge >= 0.3 is 0 Å². The molecule has 0 unspecified atom stereocenters. The van der Waals surface area contributed by atoms with Crippen LogP contribution in [0.25, 0.3) is 0 Å². The van der Waals surface area contributed by atoms with Crippen molar-refractivity contribution in [1.82, 2.24) is 14.8 Å². The Morgan fingerprint density at radius 2 is 2.42 bits per heavy atom. The highest BCUT2D eigenvalue weighted by atomic mass is 16.5. The highest BCUT2D eigenvalue weighted by Crippen LogP contribution is 2.23. The van der Waals surface area contributed by atoms with E-state index in [1.807, 2.05) is 11.0 Å². The SMILES string of the molecule is CCN1CCO[C@H]2CCN(C(=O)c3cc[nH]c3)C[C@@H]21. The number of piperidine rings is 1. The predicted molar refractivity (Wildman–Crippen MR) is 72.1 cm³/mol. The number of hydrogen-bond acceptors (Lipinski definition) is 3. The van der Waals surface area contributed by atoms with E-state index in [-0.39, 0.29) is 5.91 Å². The lowest BCUT2D eigenvalue weighted by molar-refractivity contribution is -0.0961. The van der Waals surface area contributed by atoms with Crippen LogP contribution >= 0.6 is 0 Å². The van der Waals surface area contributed by atoms with E-state index >= 15 is 0 Å². The molecule has 0 aliphatic carbocycles. The molecule has 2 aliphatic heterocycles. The molecule has 3 rings (SSSR count). The molecule has 2 aliphatic rings. The summed E-state index contributed by atoms with van der Waals surface area (Å²) in [6.07, 6.45) is 4.80. The van der Waals surface area contributed by atoms with Gasteiger partial charge < -0.3 is 14.6 Å². The monoisotopic (exact) mass is 263 g/mol. The van der Waals surface area contributed by atoms with Crippen LogP contribution in [0.4, 0.5) is 0 Å². The van der Waals surface area contributed by atoms with Gasteiger partial charge in [-0.15, -0.1) is 0 Å². The van der Waals surface area contributed by atoms with E-state index in [1.165, 1.54) is 0 Å². The molecule has 0 radical (unpaired) electrons. The minimum absolute atomic E-state index is 0.126. The molecule has 5 nitrogen and oxygen atoms in total. The van der Waals surface area contributed by atoms with E-state index in [2.05, 4.69) is 16.8 Å². The van der Waals surface area contributed by atoms with Crippen molar-refractivity contribution in [3.63, 3.8) is 0 Å². The van der Waals surface area contributed by atoms with Gasteiger partial charge in [0.05, 0.1) is 24.3 Å². The smallest absolute Gasteiger partial charge is 0.255 e. The van der Waals surface area contributed by atoms with Crippen LogP contribution in [0.3, 0.4) is 0 Å². The second kappa shape index (κ2) is 5.35. The average molecular weight is 263 g/mol. The zero-order valence-electron chi connectivity index (χ0n) is 11.3. The molecule has 2 fully saturated rings. The Hall–Kier alpha value is -1.33. The fourth-order valence-electron chi connectivity index (χ4n) is 3.16. The van der Waals surface area contributed by atoms with Crippen LogP contribution in [-0.4, -0.2) is 65.6 Å². The Bertz CT molecular complexity index is 426. The number of likely N-dealkylation sites (tertiary alicyclic amines) is 1. The summed E-state index contributed by atoms with van der Waals surface area (Å²) >= 11 is 0. The molecule has 0 spiro atoms. The van der Waals surface area contributed by atoms with Crippen LogP contribution in [0.2, 0.25) is 0 Å². The largest absolute Gasteiger partial charge is 0.375 e. The number of morpholine rings is 1. The molecule has 0 saturated carbocycles. The number of carbonyl (C=O) groups is 1. The minimum atomic E-state index is 0.126. The van der Waals surface area contributed by atoms with E-state index in [9.17, 15) is 4.79 Å².